The number of aromatic nitrogens is 1. The van der Waals surface area contributed by atoms with E-state index in [1.165, 1.54) is 19.2 Å². The number of pyridine rings is 1. The number of amides is 3. The SMILES string of the molecule is COCOc1cc(C(F)(F)F)ccc1-c1cc(-c2cccc(NC(=O)CCNC(=O)O)c2)c(C#N)c(NC(=O)c2cccs2)n1. The van der Waals surface area contributed by atoms with Gasteiger partial charge in [-0.3, -0.25) is 9.59 Å². The van der Waals surface area contributed by atoms with Gasteiger partial charge in [0.2, 0.25) is 5.91 Å². The molecule has 0 spiro atoms. The van der Waals surface area contributed by atoms with Crippen LogP contribution in [0.5, 0.6) is 5.75 Å². The maximum atomic E-state index is 13.5. The zero-order valence-corrected chi connectivity index (χ0v) is 24.2. The summed E-state index contributed by atoms with van der Waals surface area (Å²) in [5.41, 5.74) is 0.119. The molecule has 0 radical (unpaired) electrons. The van der Waals surface area contributed by atoms with Crippen LogP contribution in [0.25, 0.3) is 22.4 Å². The van der Waals surface area contributed by atoms with Crippen molar-refractivity contribution >= 4 is 40.7 Å². The molecule has 4 rings (SSSR count). The number of halogens is 3. The second-order valence-electron chi connectivity index (χ2n) is 9.19. The average Bonchev–Trinajstić information content (AvgIpc) is 3.54. The predicted molar refractivity (Wildman–Crippen MR) is 159 cm³/mol. The smallest absolute Gasteiger partial charge is 0.416 e. The number of alkyl halides is 3. The third kappa shape index (κ3) is 8.34. The molecule has 0 atom stereocenters. The molecule has 2 aromatic carbocycles. The van der Waals surface area contributed by atoms with Crippen molar-refractivity contribution in [3.8, 4) is 34.2 Å². The van der Waals surface area contributed by atoms with Crippen molar-refractivity contribution in [2.75, 3.05) is 31.1 Å². The molecule has 0 saturated heterocycles. The molecule has 232 valence electrons. The van der Waals surface area contributed by atoms with Gasteiger partial charge in [-0.2, -0.15) is 18.4 Å². The Morgan fingerprint density at radius 3 is 2.51 bits per heavy atom. The van der Waals surface area contributed by atoms with Crippen molar-refractivity contribution in [1.29, 1.82) is 5.26 Å². The number of nitriles is 1. The molecule has 2 heterocycles. The van der Waals surface area contributed by atoms with Gasteiger partial charge >= 0.3 is 12.3 Å². The molecule has 45 heavy (non-hydrogen) atoms. The van der Waals surface area contributed by atoms with E-state index >= 15 is 0 Å². The molecule has 3 amide bonds. The van der Waals surface area contributed by atoms with E-state index in [4.69, 9.17) is 14.6 Å². The number of benzene rings is 2. The molecule has 2 aromatic heterocycles. The molecule has 4 aromatic rings. The maximum Gasteiger partial charge on any atom is 0.416 e. The Hall–Kier alpha value is -5.46. The van der Waals surface area contributed by atoms with Gasteiger partial charge in [0.1, 0.15) is 17.4 Å². The molecule has 0 saturated carbocycles. The van der Waals surface area contributed by atoms with Crippen molar-refractivity contribution in [3.63, 3.8) is 0 Å². The van der Waals surface area contributed by atoms with E-state index in [2.05, 4.69) is 20.9 Å². The highest BCUT2D eigenvalue weighted by molar-refractivity contribution is 7.12. The predicted octanol–water partition coefficient (Wildman–Crippen LogP) is 6.20. The van der Waals surface area contributed by atoms with Gasteiger partial charge in [-0.25, -0.2) is 9.78 Å². The standard InChI is InChI=1S/C30H24F3N5O6S/c1-43-16-44-24-13-18(30(31,32)33)7-8-20(24)23-14-21(22(15-34)27(37-23)38-28(40)25-6-3-11-45-25)17-4-2-5-19(12-17)36-26(39)9-10-35-29(41)42/h2-8,11-14,35H,9-10,16H2,1H3,(H,36,39)(H,41,42)(H,37,38,40). The van der Waals surface area contributed by atoms with Crippen LogP contribution in [0.15, 0.2) is 66.0 Å². The number of rotatable bonds is 11. The van der Waals surface area contributed by atoms with Crippen molar-refractivity contribution in [2.45, 2.75) is 12.6 Å². The zero-order valence-electron chi connectivity index (χ0n) is 23.4. The minimum absolute atomic E-state index is 0.0518. The lowest BCUT2D eigenvalue weighted by Crippen LogP contribution is -2.25. The molecular formula is C30H24F3N5O6S. The van der Waals surface area contributed by atoms with Crippen molar-refractivity contribution in [2.24, 2.45) is 0 Å². The van der Waals surface area contributed by atoms with Gasteiger partial charge in [0.05, 0.1) is 16.1 Å². The number of anilines is 2. The fourth-order valence-electron chi connectivity index (χ4n) is 4.11. The number of carbonyl (C=O) groups is 3. The fraction of sp³-hybridized carbons (Fsp3) is 0.167. The number of ether oxygens (including phenoxy) is 2. The first-order valence-corrected chi connectivity index (χ1v) is 13.9. The topological polar surface area (TPSA) is 163 Å². The van der Waals surface area contributed by atoms with E-state index in [9.17, 15) is 32.8 Å². The van der Waals surface area contributed by atoms with Gasteiger partial charge < -0.3 is 30.5 Å². The summed E-state index contributed by atoms with van der Waals surface area (Å²) in [6, 6.07) is 15.9. The van der Waals surface area contributed by atoms with Crippen LogP contribution < -0.4 is 20.7 Å². The first-order chi connectivity index (χ1) is 21.5. The number of hydrogen-bond acceptors (Lipinski definition) is 8. The lowest BCUT2D eigenvalue weighted by Gasteiger charge is -2.17. The molecule has 0 bridgehead atoms. The normalized spacial score (nSPS) is 10.9. The summed E-state index contributed by atoms with van der Waals surface area (Å²) in [6.45, 7) is -0.482. The number of thiophene rings is 1. The molecule has 0 aliphatic carbocycles. The summed E-state index contributed by atoms with van der Waals surface area (Å²) in [7, 11) is 1.30. The second kappa shape index (κ2) is 14.3. The average molecular weight is 640 g/mol. The number of nitrogens with zero attached hydrogens (tertiary/aromatic N) is 2. The molecule has 0 aliphatic heterocycles. The molecular weight excluding hydrogens is 615 g/mol. The molecule has 11 nitrogen and oxygen atoms in total. The Bertz CT molecular complexity index is 1760. The number of methoxy groups -OCH3 is 1. The van der Waals surface area contributed by atoms with Crippen LogP contribution in [0.2, 0.25) is 0 Å². The largest absolute Gasteiger partial charge is 0.467 e. The summed E-state index contributed by atoms with van der Waals surface area (Å²) >= 11 is 1.15. The summed E-state index contributed by atoms with van der Waals surface area (Å²) < 4.78 is 51.0. The van der Waals surface area contributed by atoms with E-state index in [-0.39, 0.29) is 53.7 Å². The van der Waals surface area contributed by atoms with Crippen LogP contribution in [0.3, 0.4) is 0 Å². The van der Waals surface area contributed by atoms with Crippen molar-refractivity contribution in [3.05, 3.63) is 82.0 Å². The maximum absolute atomic E-state index is 13.5. The Kier molecular flexibility index (Phi) is 10.3. The number of carboxylic acid groups (broad SMARTS) is 1. The molecule has 15 heteroatoms. The summed E-state index contributed by atoms with van der Waals surface area (Å²) in [6.07, 6.45) is -6.08. The Labute approximate surface area is 258 Å². The number of nitrogens with one attached hydrogen (secondary N) is 3. The van der Waals surface area contributed by atoms with Gasteiger partial charge in [0.25, 0.3) is 5.91 Å². The van der Waals surface area contributed by atoms with Gasteiger partial charge in [0.15, 0.2) is 12.6 Å². The zero-order chi connectivity index (χ0) is 32.6. The molecule has 0 aliphatic rings. The second-order valence-corrected chi connectivity index (χ2v) is 10.1. The van der Waals surface area contributed by atoms with Crippen LogP contribution >= 0.6 is 11.3 Å². The van der Waals surface area contributed by atoms with E-state index in [0.29, 0.717) is 16.1 Å². The highest BCUT2D eigenvalue weighted by Crippen LogP contribution is 2.40. The van der Waals surface area contributed by atoms with Crippen LogP contribution in [-0.2, 0) is 15.7 Å². The van der Waals surface area contributed by atoms with Crippen LogP contribution in [0.1, 0.15) is 27.2 Å². The third-order valence-corrected chi connectivity index (χ3v) is 6.98. The van der Waals surface area contributed by atoms with Crippen LogP contribution in [-0.4, -0.2) is 48.4 Å². The van der Waals surface area contributed by atoms with Gasteiger partial charge in [-0.05, 0) is 53.4 Å². The third-order valence-electron chi connectivity index (χ3n) is 6.11. The first-order valence-electron chi connectivity index (χ1n) is 13.0. The van der Waals surface area contributed by atoms with Crippen LogP contribution in [0, 0.1) is 11.3 Å². The first kappa shape index (κ1) is 32.5. The Balaban J connectivity index is 1.84. The quantitative estimate of drug-likeness (QED) is 0.141. The minimum atomic E-state index is -4.67. The molecule has 4 N–H and O–H groups in total. The van der Waals surface area contributed by atoms with Gasteiger partial charge in [-0.1, -0.05) is 18.2 Å². The summed E-state index contributed by atoms with van der Waals surface area (Å²) in [5, 5.41) is 28.0. The lowest BCUT2D eigenvalue weighted by atomic mass is 9.97. The van der Waals surface area contributed by atoms with Gasteiger partial charge in [0, 0.05) is 36.9 Å². The van der Waals surface area contributed by atoms with Crippen LogP contribution in [0.4, 0.5) is 29.5 Å². The minimum Gasteiger partial charge on any atom is -0.467 e. The van der Waals surface area contributed by atoms with E-state index < -0.39 is 29.6 Å². The van der Waals surface area contributed by atoms with E-state index in [1.54, 1.807) is 41.8 Å². The summed E-state index contributed by atoms with van der Waals surface area (Å²) in [4.78, 5) is 40.8. The number of hydrogen-bond donors (Lipinski definition) is 4. The number of carbonyl (C=O) groups excluding carboxylic acids is 2. The lowest BCUT2D eigenvalue weighted by molar-refractivity contribution is -0.137. The van der Waals surface area contributed by atoms with E-state index in [1.807, 2.05) is 6.07 Å². The highest BCUT2D eigenvalue weighted by atomic mass is 32.1. The molecule has 0 fully saturated rings. The van der Waals surface area contributed by atoms with E-state index in [0.717, 1.165) is 23.5 Å². The molecule has 0 unspecified atom stereocenters. The highest BCUT2D eigenvalue weighted by Gasteiger charge is 2.32. The van der Waals surface area contributed by atoms with Crippen molar-refractivity contribution in [1.82, 2.24) is 10.3 Å². The van der Waals surface area contributed by atoms with Gasteiger partial charge in [-0.15, -0.1) is 11.3 Å². The van der Waals surface area contributed by atoms with Crippen molar-refractivity contribution < 1.29 is 42.1 Å². The Morgan fingerprint density at radius 2 is 1.84 bits per heavy atom. The fourth-order valence-corrected chi connectivity index (χ4v) is 4.73. The summed E-state index contributed by atoms with van der Waals surface area (Å²) in [5.74, 6) is -1.40. The monoisotopic (exact) mass is 639 g/mol. The Morgan fingerprint density at radius 1 is 1.04 bits per heavy atom.